The summed E-state index contributed by atoms with van der Waals surface area (Å²) < 4.78 is 5.80. The summed E-state index contributed by atoms with van der Waals surface area (Å²) in [5.41, 5.74) is 3.24. The van der Waals surface area contributed by atoms with Crippen LogP contribution in [0.1, 0.15) is 24.2 Å². The molecule has 0 unspecified atom stereocenters. The fourth-order valence-electron chi connectivity index (χ4n) is 2.66. The molecule has 2 aromatic carbocycles. The van der Waals surface area contributed by atoms with Crippen molar-refractivity contribution >= 4 is 5.69 Å². The Bertz CT molecular complexity index is 595. The van der Waals surface area contributed by atoms with Crippen molar-refractivity contribution in [3.05, 3.63) is 59.7 Å². The smallest absolute Gasteiger partial charge is 0.124 e. The van der Waals surface area contributed by atoms with Crippen LogP contribution in [0, 0.1) is 0 Å². The Kier molecular flexibility index (Phi) is 3.61. The van der Waals surface area contributed by atoms with E-state index in [1.165, 1.54) is 5.56 Å². The third kappa shape index (κ3) is 2.49. The molecule has 3 nitrogen and oxygen atoms in total. The third-order valence-electron chi connectivity index (χ3n) is 3.68. The molecule has 0 saturated heterocycles. The van der Waals surface area contributed by atoms with Gasteiger partial charge in [0, 0.05) is 23.4 Å². The van der Waals surface area contributed by atoms with Crippen LogP contribution in [0.2, 0.25) is 0 Å². The summed E-state index contributed by atoms with van der Waals surface area (Å²) in [6.07, 6.45) is -0.467. The maximum Gasteiger partial charge on any atom is 0.124 e. The van der Waals surface area contributed by atoms with E-state index in [0.29, 0.717) is 6.61 Å². The summed E-state index contributed by atoms with van der Waals surface area (Å²) in [6.45, 7) is 4.09. The second-order valence-electron chi connectivity index (χ2n) is 5.11. The van der Waals surface area contributed by atoms with Gasteiger partial charge in [0.15, 0.2) is 0 Å². The Hall–Kier alpha value is -2.00. The largest absolute Gasteiger partial charge is 0.491 e. The van der Waals surface area contributed by atoms with Crippen LogP contribution in [0.5, 0.6) is 5.75 Å². The molecule has 3 heteroatoms. The van der Waals surface area contributed by atoms with Gasteiger partial charge in [-0.05, 0) is 19.1 Å². The van der Waals surface area contributed by atoms with E-state index in [1.807, 2.05) is 36.4 Å². The zero-order valence-electron chi connectivity index (χ0n) is 11.6. The zero-order chi connectivity index (χ0) is 13.9. The minimum Gasteiger partial charge on any atom is -0.491 e. The van der Waals surface area contributed by atoms with E-state index >= 15 is 0 Å². The normalized spacial score (nSPS) is 16.0. The lowest BCUT2D eigenvalue weighted by Crippen LogP contribution is -2.26. The lowest BCUT2D eigenvalue weighted by Gasteiger charge is -2.25. The van der Waals surface area contributed by atoms with Gasteiger partial charge in [-0.1, -0.05) is 36.4 Å². The van der Waals surface area contributed by atoms with Crippen molar-refractivity contribution in [2.45, 2.75) is 19.6 Å². The monoisotopic (exact) mass is 269 g/mol. The van der Waals surface area contributed by atoms with Crippen molar-refractivity contribution in [1.29, 1.82) is 0 Å². The molecule has 0 amide bonds. The molecule has 2 aromatic rings. The Labute approximate surface area is 119 Å². The minimum atomic E-state index is -0.467. The van der Waals surface area contributed by atoms with E-state index in [2.05, 4.69) is 17.0 Å². The number of hydrogen-bond acceptors (Lipinski definition) is 3. The number of aliphatic hydroxyl groups excluding tert-OH is 1. The lowest BCUT2D eigenvalue weighted by molar-refractivity contribution is 0.199. The first-order chi connectivity index (χ1) is 9.75. The molecule has 0 aliphatic carbocycles. The van der Waals surface area contributed by atoms with E-state index in [1.54, 1.807) is 6.92 Å². The van der Waals surface area contributed by atoms with Crippen LogP contribution in [0.3, 0.4) is 0 Å². The molecule has 20 heavy (non-hydrogen) atoms. The Morgan fingerprint density at radius 1 is 1.10 bits per heavy atom. The molecule has 1 atom stereocenters. The van der Waals surface area contributed by atoms with Crippen LogP contribution in [0.25, 0.3) is 0 Å². The standard InChI is InChI=1S/C17H19NO2/c1-13(19)15-7-3-4-8-16(15)18-10-11-20-17-9-5-2-6-14(17)12-18/h2-9,13,19H,10-12H2,1H3/t13-/m1/s1. The van der Waals surface area contributed by atoms with E-state index in [-0.39, 0.29) is 0 Å². The fourth-order valence-corrected chi connectivity index (χ4v) is 2.66. The van der Waals surface area contributed by atoms with Gasteiger partial charge in [-0.2, -0.15) is 0 Å². The number of hydrogen-bond donors (Lipinski definition) is 1. The van der Waals surface area contributed by atoms with Crippen molar-refractivity contribution in [3.8, 4) is 5.75 Å². The van der Waals surface area contributed by atoms with Gasteiger partial charge in [0.1, 0.15) is 12.4 Å². The SMILES string of the molecule is C[C@@H](O)c1ccccc1N1CCOc2ccccc2C1. The van der Waals surface area contributed by atoms with Crippen LogP contribution in [0.4, 0.5) is 5.69 Å². The lowest BCUT2D eigenvalue weighted by atomic mass is 10.1. The molecule has 0 saturated carbocycles. The number of anilines is 1. The number of rotatable bonds is 2. The van der Waals surface area contributed by atoms with Crippen molar-refractivity contribution in [2.24, 2.45) is 0 Å². The van der Waals surface area contributed by atoms with Gasteiger partial charge >= 0.3 is 0 Å². The van der Waals surface area contributed by atoms with Crippen molar-refractivity contribution in [2.75, 3.05) is 18.1 Å². The highest BCUT2D eigenvalue weighted by molar-refractivity contribution is 5.56. The second kappa shape index (κ2) is 5.55. The van der Waals surface area contributed by atoms with Gasteiger partial charge < -0.3 is 14.7 Å². The number of nitrogens with zero attached hydrogens (tertiary/aromatic N) is 1. The summed E-state index contributed by atoms with van der Waals surface area (Å²) in [6, 6.07) is 16.2. The zero-order valence-corrected chi connectivity index (χ0v) is 11.6. The van der Waals surface area contributed by atoms with Crippen LogP contribution < -0.4 is 9.64 Å². The van der Waals surface area contributed by atoms with E-state index < -0.39 is 6.10 Å². The molecule has 1 aliphatic heterocycles. The molecular formula is C17H19NO2. The molecule has 3 rings (SSSR count). The van der Waals surface area contributed by atoms with Gasteiger partial charge in [-0.3, -0.25) is 0 Å². The van der Waals surface area contributed by atoms with Crippen LogP contribution in [-0.4, -0.2) is 18.3 Å². The van der Waals surface area contributed by atoms with Crippen molar-refractivity contribution in [3.63, 3.8) is 0 Å². The average molecular weight is 269 g/mol. The summed E-state index contributed by atoms with van der Waals surface area (Å²) in [4.78, 5) is 2.27. The molecule has 0 spiro atoms. The average Bonchev–Trinajstić information content (AvgIpc) is 2.69. The van der Waals surface area contributed by atoms with Crippen LogP contribution in [-0.2, 0) is 6.54 Å². The van der Waals surface area contributed by atoms with Crippen molar-refractivity contribution < 1.29 is 9.84 Å². The Balaban J connectivity index is 1.96. The first-order valence-corrected chi connectivity index (χ1v) is 6.98. The summed E-state index contributed by atoms with van der Waals surface area (Å²) in [5.74, 6) is 0.963. The molecule has 0 fully saturated rings. The van der Waals surface area contributed by atoms with E-state index in [9.17, 15) is 5.11 Å². The summed E-state index contributed by atoms with van der Waals surface area (Å²) in [5, 5.41) is 9.94. The molecule has 1 aliphatic rings. The number of aliphatic hydroxyl groups is 1. The molecule has 0 radical (unpaired) electrons. The van der Waals surface area contributed by atoms with Crippen LogP contribution in [0.15, 0.2) is 48.5 Å². The van der Waals surface area contributed by atoms with E-state index in [4.69, 9.17) is 4.74 Å². The fraction of sp³-hybridized carbons (Fsp3) is 0.294. The maximum absolute atomic E-state index is 9.94. The minimum absolute atomic E-state index is 0.467. The number of benzene rings is 2. The van der Waals surface area contributed by atoms with Gasteiger partial charge in [-0.15, -0.1) is 0 Å². The van der Waals surface area contributed by atoms with Gasteiger partial charge in [0.25, 0.3) is 0 Å². The van der Waals surface area contributed by atoms with E-state index in [0.717, 1.165) is 30.1 Å². The quantitative estimate of drug-likeness (QED) is 0.909. The molecule has 0 aromatic heterocycles. The Morgan fingerprint density at radius 2 is 1.85 bits per heavy atom. The second-order valence-corrected chi connectivity index (χ2v) is 5.11. The topological polar surface area (TPSA) is 32.7 Å². The first kappa shape index (κ1) is 13.0. The molecule has 0 bridgehead atoms. The van der Waals surface area contributed by atoms with Gasteiger partial charge in [0.2, 0.25) is 0 Å². The number of ether oxygens (including phenoxy) is 1. The highest BCUT2D eigenvalue weighted by atomic mass is 16.5. The summed E-state index contributed by atoms with van der Waals surface area (Å²) >= 11 is 0. The predicted octanol–water partition coefficient (Wildman–Crippen LogP) is 3.14. The van der Waals surface area contributed by atoms with Gasteiger partial charge in [-0.25, -0.2) is 0 Å². The molecule has 104 valence electrons. The van der Waals surface area contributed by atoms with Crippen molar-refractivity contribution in [1.82, 2.24) is 0 Å². The number of para-hydroxylation sites is 2. The summed E-state index contributed by atoms with van der Waals surface area (Å²) in [7, 11) is 0. The highest BCUT2D eigenvalue weighted by Crippen LogP contribution is 2.30. The maximum atomic E-state index is 9.94. The third-order valence-corrected chi connectivity index (χ3v) is 3.68. The number of fused-ring (bicyclic) bond motifs is 1. The molecule has 1 heterocycles. The Morgan fingerprint density at radius 3 is 2.70 bits per heavy atom. The molecule has 1 N–H and O–H groups in total. The van der Waals surface area contributed by atoms with Crippen LogP contribution >= 0.6 is 0 Å². The predicted molar refractivity (Wildman–Crippen MR) is 80.1 cm³/mol. The highest BCUT2D eigenvalue weighted by Gasteiger charge is 2.18. The molecular weight excluding hydrogens is 250 g/mol. The first-order valence-electron chi connectivity index (χ1n) is 6.98. The van der Waals surface area contributed by atoms with Gasteiger partial charge in [0.05, 0.1) is 12.6 Å².